The first-order chi connectivity index (χ1) is 15.5. The van der Waals surface area contributed by atoms with Gasteiger partial charge >= 0.3 is 0 Å². The maximum absolute atomic E-state index is 11.0. The molecule has 164 valence electrons. The minimum Gasteiger partial charge on any atom is -0.504 e. The minimum absolute atomic E-state index is 0.00853. The van der Waals surface area contributed by atoms with Crippen LogP contribution in [0.4, 0.5) is 0 Å². The predicted molar refractivity (Wildman–Crippen MR) is 123 cm³/mol. The summed E-state index contributed by atoms with van der Waals surface area (Å²) in [7, 11) is 1.78. The van der Waals surface area contributed by atoms with Gasteiger partial charge in [0, 0.05) is 37.8 Å². The van der Waals surface area contributed by atoms with E-state index in [4.69, 9.17) is 15.9 Å². The van der Waals surface area contributed by atoms with Crippen molar-refractivity contribution in [1.29, 1.82) is 5.41 Å². The number of nitrogens with one attached hydrogen (secondary N) is 2. The van der Waals surface area contributed by atoms with E-state index in [1.807, 2.05) is 12.1 Å². The zero-order valence-corrected chi connectivity index (χ0v) is 17.8. The first-order valence-electron chi connectivity index (χ1n) is 10.5. The van der Waals surface area contributed by atoms with Gasteiger partial charge in [-0.3, -0.25) is 15.0 Å². The number of aryl methyl sites for hydroxylation is 1. The SMILES string of the molecule is Cn1nc(-c2ccc(CN3CCOCC3)cc2)c(O)c1-c1nc2ccc(C(=N)N)cc2[nH]1. The molecule has 1 saturated heterocycles. The van der Waals surface area contributed by atoms with Gasteiger partial charge < -0.3 is 20.6 Å². The standard InChI is InChI=1S/C23H25N7O2/c1-29-20(23-26-17-7-6-16(22(24)25)12-18(17)27-23)21(31)19(28-29)15-4-2-14(3-5-15)13-30-8-10-32-11-9-30/h2-7,12,31H,8-11,13H2,1H3,(H3,24,25)(H,26,27). The maximum Gasteiger partial charge on any atom is 0.173 e. The highest BCUT2D eigenvalue weighted by molar-refractivity contribution is 5.98. The van der Waals surface area contributed by atoms with Gasteiger partial charge in [-0.1, -0.05) is 24.3 Å². The van der Waals surface area contributed by atoms with Crippen molar-refractivity contribution in [3.63, 3.8) is 0 Å². The van der Waals surface area contributed by atoms with Gasteiger partial charge in [0.1, 0.15) is 17.2 Å². The van der Waals surface area contributed by atoms with E-state index in [2.05, 4.69) is 32.1 Å². The Morgan fingerprint density at radius 2 is 1.94 bits per heavy atom. The summed E-state index contributed by atoms with van der Waals surface area (Å²) in [5, 5.41) is 23.2. The zero-order chi connectivity index (χ0) is 22.2. The molecular formula is C23H25N7O2. The third kappa shape index (κ3) is 3.72. The zero-order valence-electron chi connectivity index (χ0n) is 17.8. The number of hydrogen-bond donors (Lipinski definition) is 4. The van der Waals surface area contributed by atoms with Crippen LogP contribution in [0, 0.1) is 5.41 Å². The lowest BCUT2D eigenvalue weighted by molar-refractivity contribution is 0.0342. The summed E-state index contributed by atoms with van der Waals surface area (Å²) >= 11 is 0. The van der Waals surface area contributed by atoms with Gasteiger partial charge in [-0.05, 0) is 23.8 Å². The van der Waals surface area contributed by atoms with Crippen molar-refractivity contribution in [3.05, 3.63) is 53.6 Å². The number of H-pyrrole nitrogens is 1. The van der Waals surface area contributed by atoms with Crippen LogP contribution in [0.25, 0.3) is 33.8 Å². The van der Waals surface area contributed by atoms with Crippen molar-refractivity contribution in [2.24, 2.45) is 12.8 Å². The van der Waals surface area contributed by atoms with Gasteiger partial charge in [0.25, 0.3) is 0 Å². The molecule has 5 rings (SSSR count). The highest BCUT2D eigenvalue weighted by Crippen LogP contribution is 2.37. The molecule has 0 bridgehead atoms. The van der Waals surface area contributed by atoms with E-state index in [1.165, 1.54) is 5.56 Å². The maximum atomic E-state index is 11.0. The summed E-state index contributed by atoms with van der Waals surface area (Å²) in [5.74, 6) is 0.563. The molecule has 0 radical (unpaired) electrons. The number of imidazole rings is 1. The number of morpholine rings is 1. The minimum atomic E-state index is -0.00853. The van der Waals surface area contributed by atoms with E-state index < -0.39 is 0 Å². The van der Waals surface area contributed by atoms with Crippen LogP contribution in [0.1, 0.15) is 11.1 Å². The molecule has 9 nitrogen and oxygen atoms in total. The summed E-state index contributed by atoms with van der Waals surface area (Å²) in [4.78, 5) is 10.2. The number of benzene rings is 2. The molecule has 9 heteroatoms. The van der Waals surface area contributed by atoms with Crippen molar-refractivity contribution in [2.45, 2.75) is 6.54 Å². The largest absolute Gasteiger partial charge is 0.504 e. The van der Waals surface area contributed by atoms with Crippen molar-refractivity contribution in [3.8, 4) is 28.5 Å². The van der Waals surface area contributed by atoms with E-state index in [-0.39, 0.29) is 11.6 Å². The van der Waals surface area contributed by atoms with Gasteiger partial charge in [-0.25, -0.2) is 4.98 Å². The number of fused-ring (bicyclic) bond motifs is 1. The lowest BCUT2D eigenvalue weighted by Crippen LogP contribution is -2.35. The molecule has 0 aliphatic carbocycles. The molecule has 1 fully saturated rings. The molecule has 0 amide bonds. The van der Waals surface area contributed by atoms with Gasteiger partial charge in [0.2, 0.25) is 0 Å². The van der Waals surface area contributed by atoms with E-state index in [9.17, 15) is 5.11 Å². The molecule has 4 aromatic rings. The Balaban J connectivity index is 1.44. The molecule has 1 aliphatic rings. The summed E-state index contributed by atoms with van der Waals surface area (Å²) in [6, 6.07) is 13.4. The van der Waals surface area contributed by atoms with Crippen LogP contribution in [-0.2, 0) is 18.3 Å². The Hall–Kier alpha value is -3.69. The fraction of sp³-hybridized carbons (Fsp3) is 0.261. The Kier molecular flexibility index (Phi) is 5.12. The fourth-order valence-electron chi connectivity index (χ4n) is 4.05. The number of rotatable bonds is 5. The molecule has 2 aromatic carbocycles. The Morgan fingerprint density at radius 1 is 1.19 bits per heavy atom. The average molecular weight is 432 g/mol. The van der Waals surface area contributed by atoms with Gasteiger partial charge in [0.05, 0.1) is 24.2 Å². The summed E-state index contributed by atoms with van der Waals surface area (Å²) in [5.41, 5.74) is 10.7. The second-order valence-electron chi connectivity index (χ2n) is 7.99. The third-order valence-electron chi connectivity index (χ3n) is 5.78. The Labute approximate surface area is 185 Å². The number of ether oxygens (including phenoxy) is 1. The Morgan fingerprint density at radius 3 is 2.66 bits per heavy atom. The van der Waals surface area contributed by atoms with Crippen molar-refractivity contribution in [2.75, 3.05) is 26.3 Å². The quantitative estimate of drug-likeness (QED) is 0.284. The lowest BCUT2D eigenvalue weighted by atomic mass is 10.1. The average Bonchev–Trinajstić information content (AvgIpc) is 3.34. The molecule has 32 heavy (non-hydrogen) atoms. The molecule has 3 heterocycles. The fourth-order valence-corrected chi connectivity index (χ4v) is 4.05. The van der Waals surface area contributed by atoms with Crippen LogP contribution < -0.4 is 5.73 Å². The number of nitrogen functional groups attached to an aromatic ring is 1. The first kappa shape index (κ1) is 20.2. The molecule has 0 saturated carbocycles. The number of amidine groups is 1. The van der Waals surface area contributed by atoms with Crippen LogP contribution in [0.3, 0.4) is 0 Å². The summed E-state index contributed by atoms with van der Waals surface area (Å²) in [6.07, 6.45) is 0. The van der Waals surface area contributed by atoms with E-state index in [0.29, 0.717) is 22.8 Å². The van der Waals surface area contributed by atoms with E-state index in [1.54, 1.807) is 29.9 Å². The van der Waals surface area contributed by atoms with Crippen molar-refractivity contribution < 1.29 is 9.84 Å². The van der Waals surface area contributed by atoms with Gasteiger partial charge in [-0.2, -0.15) is 5.10 Å². The number of nitrogens with two attached hydrogens (primary N) is 1. The predicted octanol–water partition coefficient (Wildman–Crippen LogP) is 2.45. The monoisotopic (exact) mass is 431 g/mol. The number of nitrogens with zero attached hydrogens (tertiary/aromatic N) is 4. The highest BCUT2D eigenvalue weighted by atomic mass is 16.5. The molecule has 1 aliphatic heterocycles. The molecule has 0 spiro atoms. The first-order valence-corrected chi connectivity index (χ1v) is 10.5. The molecular weight excluding hydrogens is 406 g/mol. The Bertz CT molecular complexity index is 1280. The molecule has 5 N–H and O–H groups in total. The molecule has 0 unspecified atom stereocenters. The van der Waals surface area contributed by atoms with Crippen LogP contribution in [0.15, 0.2) is 42.5 Å². The summed E-state index contributed by atoms with van der Waals surface area (Å²) in [6.45, 7) is 4.32. The topological polar surface area (TPSA) is 129 Å². The second kappa shape index (κ2) is 8.10. The van der Waals surface area contributed by atoms with Crippen LogP contribution >= 0.6 is 0 Å². The smallest absolute Gasteiger partial charge is 0.173 e. The summed E-state index contributed by atoms with van der Waals surface area (Å²) < 4.78 is 7.03. The lowest BCUT2D eigenvalue weighted by Gasteiger charge is -2.26. The number of aromatic nitrogens is 4. The van der Waals surface area contributed by atoms with Gasteiger partial charge in [0.15, 0.2) is 11.6 Å². The molecule has 0 atom stereocenters. The van der Waals surface area contributed by atoms with Crippen LogP contribution in [0.2, 0.25) is 0 Å². The normalized spacial score (nSPS) is 14.8. The number of aromatic amines is 1. The number of aromatic hydroxyl groups is 1. The third-order valence-corrected chi connectivity index (χ3v) is 5.78. The van der Waals surface area contributed by atoms with Crippen LogP contribution in [-0.4, -0.2) is 61.9 Å². The second-order valence-corrected chi connectivity index (χ2v) is 7.99. The van der Waals surface area contributed by atoms with E-state index >= 15 is 0 Å². The number of hydrogen-bond acceptors (Lipinski definition) is 6. The van der Waals surface area contributed by atoms with E-state index in [0.717, 1.165) is 49.4 Å². The van der Waals surface area contributed by atoms with Crippen molar-refractivity contribution in [1.82, 2.24) is 24.6 Å². The highest BCUT2D eigenvalue weighted by Gasteiger charge is 2.21. The van der Waals surface area contributed by atoms with Crippen molar-refractivity contribution >= 4 is 16.9 Å². The van der Waals surface area contributed by atoms with Crippen LogP contribution in [0.5, 0.6) is 5.75 Å². The van der Waals surface area contributed by atoms with Gasteiger partial charge in [-0.15, -0.1) is 0 Å². The molecule has 2 aromatic heterocycles.